The highest BCUT2D eigenvalue weighted by molar-refractivity contribution is 5.72. The first-order valence-electron chi connectivity index (χ1n) is 17.6. The summed E-state index contributed by atoms with van der Waals surface area (Å²) in [5, 5.41) is 0. The zero-order chi connectivity index (χ0) is 32.6. The van der Waals surface area contributed by atoms with E-state index in [-0.39, 0.29) is 5.41 Å². The van der Waals surface area contributed by atoms with Crippen molar-refractivity contribution in [1.82, 2.24) is 9.97 Å². The molecule has 2 aliphatic carbocycles. The lowest BCUT2D eigenvalue weighted by Gasteiger charge is -2.44. The largest absolute Gasteiger partial charge is 0.228 e. The predicted molar refractivity (Wildman–Crippen MR) is 200 cm³/mol. The fourth-order valence-corrected chi connectivity index (χ4v) is 9.01. The van der Waals surface area contributed by atoms with E-state index >= 15 is 0 Å². The molecule has 6 aromatic carbocycles. The van der Waals surface area contributed by atoms with Crippen LogP contribution in [0.1, 0.15) is 58.9 Å². The third-order valence-electron chi connectivity index (χ3n) is 11.2. The van der Waals surface area contributed by atoms with E-state index in [4.69, 9.17) is 9.97 Å². The van der Waals surface area contributed by atoms with E-state index in [1.807, 2.05) is 24.3 Å². The molecule has 0 saturated heterocycles. The van der Waals surface area contributed by atoms with Gasteiger partial charge in [-0.25, -0.2) is 9.97 Å². The van der Waals surface area contributed by atoms with Gasteiger partial charge in [0.25, 0.3) is 0 Å². The summed E-state index contributed by atoms with van der Waals surface area (Å²) in [6, 6.07) is 64.0. The van der Waals surface area contributed by atoms with Gasteiger partial charge in [0.1, 0.15) is 0 Å². The third kappa shape index (κ3) is 5.11. The highest BCUT2D eigenvalue weighted by Gasteiger charge is 2.55. The molecule has 3 atom stereocenters. The minimum absolute atomic E-state index is 0.176. The van der Waals surface area contributed by atoms with Gasteiger partial charge in [0, 0.05) is 22.1 Å². The van der Waals surface area contributed by atoms with Crippen LogP contribution in [-0.2, 0) is 5.41 Å². The maximum atomic E-state index is 5.08. The second kappa shape index (κ2) is 12.5. The number of hydrogen-bond donors (Lipinski definition) is 0. The second-order valence-corrected chi connectivity index (χ2v) is 13.7. The molecule has 0 N–H and O–H groups in total. The third-order valence-corrected chi connectivity index (χ3v) is 11.2. The first kappa shape index (κ1) is 29.5. The zero-order valence-corrected chi connectivity index (χ0v) is 27.5. The average Bonchev–Trinajstić information content (AvgIpc) is 3.49. The van der Waals surface area contributed by atoms with Crippen LogP contribution in [0.4, 0.5) is 0 Å². The van der Waals surface area contributed by atoms with Crippen molar-refractivity contribution in [2.24, 2.45) is 5.92 Å². The van der Waals surface area contributed by atoms with Crippen LogP contribution < -0.4 is 0 Å². The van der Waals surface area contributed by atoms with Gasteiger partial charge in [-0.3, -0.25) is 0 Å². The highest BCUT2D eigenvalue weighted by atomic mass is 14.9. The molecule has 1 heterocycles. The van der Waals surface area contributed by atoms with E-state index in [0.717, 1.165) is 40.3 Å². The van der Waals surface area contributed by atoms with Crippen molar-refractivity contribution in [2.45, 2.75) is 36.5 Å². The van der Waals surface area contributed by atoms with Crippen molar-refractivity contribution in [2.75, 3.05) is 0 Å². The molecule has 0 radical (unpaired) electrons. The Labute approximate surface area is 289 Å². The first-order chi connectivity index (χ1) is 24.3. The average molecular weight is 631 g/mol. The van der Waals surface area contributed by atoms with Crippen LogP contribution in [0.25, 0.3) is 33.9 Å². The molecule has 236 valence electrons. The topological polar surface area (TPSA) is 25.8 Å². The summed E-state index contributed by atoms with van der Waals surface area (Å²) < 4.78 is 0. The van der Waals surface area contributed by atoms with Crippen molar-refractivity contribution in [1.29, 1.82) is 0 Å². The lowest BCUT2D eigenvalue weighted by molar-refractivity contribution is 0.238. The molecule has 1 aromatic heterocycles. The molecular weight excluding hydrogens is 593 g/mol. The Bertz CT molecular complexity index is 2100. The number of benzene rings is 6. The van der Waals surface area contributed by atoms with Crippen LogP contribution in [0.2, 0.25) is 0 Å². The molecule has 7 aromatic rings. The summed E-state index contributed by atoms with van der Waals surface area (Å²) in [4.78, 5) is 10.1. The van der Waals surface area contributed by atoms with Gasteiger partial charge in [0.2, 0.25) is 0 Å². The molecule has 49 heavy (non-hydrogen) atoms. The minimum atomic E-state index is -0.176. The number of nitrogens with zero attached hydrogens (tertiary/aromatic N) is 2. The van der Waals surface area contributed by atoms with E-state index in [2.05, 4.69) is 152 Å². The van der Waals surface area contributed by atoms with E-state index in [1.165, 1.54) is 35.1 Å². The fourth-order valence-electron chi connectivity index (χ4n) is 9.01. The fraction of sp³-hybridized carbons (Fsp3) is 0.149. The molecular formula is C47H38N2. The lowest BCUT2D eigenvalue weighted by Crippen LogP contribution is -2.38. The summed E-state index contributed by atoms with van der Waals surface area (Å²) in [5.41, 5.74) is 12.2. The van der Waals surface area contributed by atoms with E-state index in [9.17, 15) is 0 Å². The molecule has 9 rings (SSSR count). The van der Waals surface area contributed by atoms with E-state index in [0.29, 0.717) is 17.8 Å². The van der Waals surface area contributed by atoms with Crippen LogP contribution in [0.3, 0.4) is 0 Å². The molecule has 2 aliphatic rings. The van der Waals surface area contributed by atoms with Crippen molar-refractivity contribution >= 4 is 0 Å². The molecule has 0 aliphatic heterocycles. The van der Waals surface area contributed by atoms with Crippen molar-refractivity contribution < 1.29 is 0 Å². The van der Waals surface area contributed by atoms with Gasteiger partial charge in [-0.05, 0) is 70.9 Å². The SMILES string of the molecule is c1ccc(-c2cc(-c3ccc(C4CCC5c6ccccc6C(c6ccccc6)(c6ccccc6)C5C4)cc3)nc(-c3ccccc3)n2)cc1. The van der Waals surface area contributed by atoms with Gasteiger partial charge in [0.05, 0.1) is 11.4 Å². The van der Waals surface area contributed by atoms with Gasteiger partial charge in [-0.2, -0.15) is 0 Å². The lowest BCUT2D eigenvalue weighted by atomic mass is 9.59. The van der Waals surface area contributed by atoms with Crippen molar-refractivity contribution in [3.8, 4) is 33.9 Å². The van der Waals surface area contributed by atoms with Gasteiger partial charge < -0.3 is 0 Å². The molecule has 2 heteroatoms. The summed E-state index contributed by atoms with van der Waals surface area (Å²) in [7, 11) is 0. The molecule has 1 saturated carbocycles. The molecule has 3 unspecified atom stereocenters. The van der Waals surface area contributed by atoms with E-state index in [1.54, 1.807) is 5.56 Å². The Morgan fingerprint density at radius 3 is 1.59 bits per heavy atom. The molecule has 1 fully saturated rings. The molecule has 0 spiro atoms. The van der Waals surface area contributed by atoms with Gasteiger partial charge >= 0.3 is 0 Å². The van der Waals surface area contributed by atoms with Gasteiger partial charge in [-0.15, -0.1) is 0 Å². The molecule has 0 bridgehead atoms. The summed E-state index contributed by atoms with van der Waals surface area (Å²) in [6.45, 7) is 0. The molecule has 0 amide bonds. The van der Waals surface area contributed by atoms with Gasteiger partial charge in [-0.1, -0.05) is 170 Å². The quantitative estimate of drug-likeness (QED) is 0.183. The normalized spacial score (nSPS) is 19.1. The van der Waals surface area contributed by atoms with Crippen LogP contribution in [0.15, 0.2) is 176 Å². The van der Waals surface area contributed by atoms with Gasteiger partial charge in [0.15, 0.2) is 5.82 Å². The minimum Gasteiger partial charge on any atom is -0.228 e. The standard InChI is InChI=1S/C47H38N2/c1-5-15-34(16-6-1)44-32-45(49-46(48-44)36-17-7-2-8-18-36)35-27-25-33(26-28-35)37-29-30-41-40-23-13-14-24-42(40)47(43(41)31-37,38-19-9-3-10-20-38)39-21-11-4-12-22-39/h1-28,32,37,41,43H,29-31H2. The van der Waals surface area contributed by atoms with Crippen molar-refractivity contribution in [3.05, 3.63) is 204 Å². The number of hydrogen-bond acceptors (Lipinski definition) is 2. The van der Waals surface area contributed by atoms with Crippen molar-refractivity contribution in [3.63, 3.8) is 0 Å². The molecule has 2 nitrogen and oxygen atoms in total. The zero-order valence-electron chi connectivity index (χ0n) is 27.5. The maximum Gasteiger partial charge on any atom is 0.160 e. The summed E-state index contributed by atoms with van der Waals surface area (Å²) in [6.07, 6.45) is 3.53. The Balaban J connectivity index is 1.09. The van der Waals surface area contributed by atoms with E-state index < -0.39 is 0 Å². The Kier molecular flexibility index (Phi) is 7.50. The Morgan fingerprint density at radius 2 is 0.980 bits per heavy atom. The summed E-state index contributed by atoms with van der Waals surface area (Å²) in [5.74, 6) is 2.25. The predicted octanol–water partition coefficient (Wildman–Crippen LogP) is 11.5. The monoisotopic (exact) mass is 630 g/mol. The van der Waals surface area contributed by atoms with Crippen LogP contribution in [0, 0.1) is 5.92 Å². The number of fused-ring (bicyclic) bond motifs is 3. The number of aromatic nitrogens is 2. The Morgan fingerprint density at radius 1 is 0.469 bits per heavy atom. The van der Waals surface area contributed by atoms with Crippen LogP contribution in [-0.4, -0.2) is 9.97 Å². The number of rotatable bonds is 6. The first-order valence-corrected chi connectivity index (χ1v) is 17.6. The highest BCUT2D eigenvalue weighted by Crippen LogP contribution is 2.63. The Hall–Kier alpha value is -5.60. The second-order valence-electron chi connectivity index (χ2n) is 13.7. The maximum absolute atomic E-state index is 5.08. The van der Waals surface area contributed by atoms with Crippen LogP contribution >= 0.6 is 0 Å². The summed E-state index contributed by atoms with van der Waals surface area (Å²) >= 11 is 0. The smallest absolute Gasteiger partial charge is 0.160 e. The van der Waals surface area contributed by atoms with Crippen LogP contribution in [0.5, 0.6) is 0 Å².